The number of carbonyl (C=O) groups is 1. The summed E-state index contributed by atoms with van der Waals surface area (Å²) in [4.78, 5) is 10.6. The fourth-order valence-electron chi connectivity index (χ4n) is 1.37. The molecule has 0 saturated carbocycles. The number of rotatable bonds is 6. The van der Waals surface area contributed by atoms with Crippen molar-refractivity contribution in [2.45, 2.75) is 13.5 Å². The third kappa shape index (κ3) is 4.13. The summed E-state index contributed by atoms with van der Waals surface area (Å²) in [7, 11) is 0. The number of benzene rings is 1. The highest BCUT2D eigenvalue weighted by Gasteiger charge is 2.10. The van der Waals surface area contributed by atoms with Crippen LogP contribution in [0.4, 0.5) is 4.39 Å². The van der Waals surface area contributed by atoms with Gasteiger partial charge in [0.2, 0.25) is 0 Å². The van der Waals surface area contributed by atoms with Gasteiger partial charge in [-0.1, -0.05) is 13.0 Å². The van der Waals surface area contributed by atoms with E-state index in [0.29, 0.717) is 18.7 Å². The summed E-state index contributed by atoms with van der Waals surface area (Å²) in [6, 6.07) is 4.04. The van der Waals surface area contributed by atoms with Crippen LogP contribution in [0.15, 0.2) is 18.2 Å². The highest BCUT2D eigenvalue weighted by molar-refractivity contribution is 5.87. The third-order valence-corrected chi connectivity index (χ3v) is 2.40. The van der Waals surface area contributed by atoms with E-state index in [4.69, 9.17) is 10.2 Å². The second kappa shape index (κ2) is 6.32. The van der Waals surface area contributed by atoms with Crippen LogP contribution in [0.25, 0.3) is 0 Å². The standard InChI is InChI=1S/C12H16FNO3/c1-8(7-15)5-14-6-9-2-3-10(12(16)17)11(13)4-9/h2-4,8,14-15H,5-7H2,1H3,(H,16,17). The molecule has 1 aromatic carbocycles. The molecule has 0 aromatic heterocycles. The van der Waals surface area contributed by atoms with Crippen LogP contribution in [0.5, 0.6) is 0 Å². The topological polar surface area (TPSA) is 69.6 Å². The molecular formula is C12H16FNO3. The van der Waals surface area contributed by atoms with Gasteiger partial charge in [0, 0.05) is 19.7 Å². The van der Waals surface area contributed by atoms with Gasteiger partial charge in [-0.25, -0.2) is 9.18 Å². The Labute approximate surface area is 99.1 Å². The number of carboxylic acids is 1. The van der Waals surface area contributed by atoms with Crippen molar-refractivity contribution < 1.29 is 19.4 Å². The van der Waals surface area contributed by atoms with Gasteiger partial charge in [0.1, 0.15) is 5.82 Å². The Morgan fingerprint density at radius 2 is 2.24 bits per heavy atom. The first kappa shape index (κ1) is 13.6. The minimum Gasteiger partial charge on any atom is -0.478 e. The Kier molecular flexibility index (Phi) is 5.06. The van der Waals surface area contributed by atoms with Gasteiger partial charge in [-0.2, -0.15) is 0 Å². The maximum atomic E-state index is 13.3. The monoisotopic (exact) mass is 241 g/mol. The molecule has 17 heavy (non-hydrogen) atoms. The van der Waals surface area contributed by atoms with E-state index in [2.05, 4.69) is 5.32 Å². The summed E-state index contributed by atoms with van der Waals surface area (Å²) in [5.41, 5.74) is 0.357. The molecule has 0 aliphatic heterocycles. The number of aromatic carboxylic acids is 1. The van der Waals surface area contributed by atoms with Crippen LogP contribution in [0.2, 0.25) is 0 Å². The van der Waals surface area contributed by atoms with Crippen molar-refractivity contribution in [2.24, 2.45) is 5.92 Å². The zero-order valence-electron chi connectivity index (χ0n) is 9.61. The first-order valence-electron chi connectivity index (χ1n) is 5.38. The zero-order chi connectivity index (χ0) is 12.8. The number of hydrogen-bond donors (Lipinski definition) is 3. The second-order valence-corrected chi connectivity index (χ2v) is 4.04. The summed E-state index contributed by atoms with van der Waals surface area (Å²) < 4.78 is 13.3. The van der Waals surface area contributed by atoms with Crippen molar-refractivity contribution in [3.8, 4) is 0 Å². The molecular weight excluding hydrogens is 225 g/mol. The fourth-order valence-corrected chi connectivity index (χ4v) is 1.37. The molecule has 1 atom stereocenters. The van der Waals surface area contributed by atoms with Crippen molar-refractivity contribution in [1.82, 2.24) is 5.32 Å². The van der Waals surface area contributed by atoms with Crippen molar-refractivity contribution in [1.29, 1.82) is 0 Å². The molecule has 5 heteroatoms. The lowest BCUT2D eigenvalue weighted by molar-refractivity contribution is 0.0692. The van der Waals surface area contributed by atoms with Gasteiger partial charge >= 0.3 is 5.97 Å². The minimum atomic E-state index is -1.27. The molecule has 0 aliphatic rings. The van der Waals surface area contributed by atoms with E-state index in [0.717, 1.165) is 0 Å². The van der Waals surface area contributed by atoms with Crippen molar-refractivity contribution >= 4 is 5.97 Å². The van der Waals surface area contributed by atoms with E-state index < -0.39 is 11.8 Å². The Bertz CT molecular complexity index is 395. The van der Waals surface area contributed by atoms with Crippen molar-refractivity contribution in [3.63, 3.8) is 0 Å². The Morgan fingerprint density at radius 3 is 2.76 bits per heavy atom. The predicted octanol–water partition coefficient (Wildman–Crippen LogP) is 1.24. The fraction of sp³-hybridized carbons (Fsp3) is 0.417. The van der Waals surface area contributed by atoms with Gasteiger partial charge in [-0.05, 0) is 23.6 Å². The van der Waals surface area contributed by atoms with Crippen molar-refractivity contribution in [2.75, 3.05) is 13.2 Å². The molecule has 94 valence electrons. The Balaban J connectivity index is 2.56. The molecule has 0 spiro atoms. The average Bonchev–Trinajstić information content (AvgIpc) is 2.28. The number of halogens is 1. The van der Waals surface area contributed by atoms with Crippen LogP contribution in [0, 0.1) is 11.7 Å². The lowest BCUT2D eigenvalue weighted by Crippen LogP contribution is -2.22. The number of carboxylic acid groups (broad SMARTS) is 1. The second-order valence-electron chi connectivity index (χ2n) is 4.04. The summed E-state index contributed by atoms with van der Waals surface area (Å²) in [6.07, 6.45) is 0. The van der Waals surface area contributed by atoms with Crippen molar-refractivity contribution in [3.05, 3.63) is 35.1 Å². The number of aliphatic hydroxyl groups excluding tert-OH is 1. The number of aliphatic hydroxyl groups is 1. The van der Waals surface area contributed by atoms with Crippen LogP contribution < -0.4 is 5.32 Å². The van der Waals surface area contributed by atoms with Gasteiger partial charge in [-0.15, -0.1) is 0 Å². The van der Waals surface area contributed by atoms with Crippen LogP contribution in [-0.2, 0) is 6.54 Å². The minimum absolute atomic E-state index is 0.0965. The maximum Gasteiger partial charge on any atom is 0.338 e. The highest BCUT2D eigenvalue weighted by Crippen LogP contribution is 2.10. The quantitative estimate of drug-likeness (QED) is 0.701. The van der Waals surface area contributed by atoms with Gasteiger partial charge < -0.3 is 15.5 Å². The average molecular weight is 241 g/mol. The lowest BCUT2D eigenvalue weighted by Gasteiger charge is -2.09. The largest absolute Gasteiger partial charge is 0.478 e. The van der Waals surface area contributed by atoms with Crippen LogP contribution in [-0.4, -0.2) is 29.3 Å². The Hall–Kier alpha value is -1.46. The lowest BCUT2D eigenvalue weighted by atomic mass is 10.1. The van der Waals surface area contributed by atoms with Gasteiger partial charge in [0.05, 0.1) is 5.56 Å². The summed E-state index contributed by atoms with van der Waals surface area (Å²) in [6.45, 7) is 3.06. The summed E-state index contributed by atoms with van der Waals surface area (Å²) in [5, 5.41) is 20.5. The summed E-state index contributed by atoms with van der Waals surface area (Å²) in [5.74, 6) is -1.86. The van der Waals surface area contributed by atoms with Gasteiger partial charge in [-0.3, -0.25) is 0 Å². The van der Waals surface area contributed by atoms with Crippen LogP contribution >= 0.6 is 0 Å². The van der Waals surface area contributed by atoms with E-state index in [1.165, 1.54) is 12.1 Å². The SMILES string of the molecule is CC(CO)CNCc1ccc(C(=O)O)c(F)c1. The van der Waals surface area contributed by atoms with Crippen LogP contribution in [0.3, 0.4) is 0 Å². The molecule has 0 bridgehead atoms. The highest BCUT2D eigenvalue weighted by atomic mass is 19.1. The zero-order valence-corrected chi connectivity index (χ0v) is 9.61. The van der Waals surface area contributed by atoms with Crippen LogP contribution in [0.1, 0.15) is 22.8 Å². The van der Waals surface area contributed by atoms with E-state index in [9.17, 15) is 9.18 Å². The van der Waals surface area contributed by atoms with Gasteiger partial charge in [0.25, 0.3) is 0 Å². The molecule has 0 heterocycles. The van der Waals surface area contributed by atoms with Gasteiger partial charge in [0.15, 0.2) is 0 Å². The van der Waals surface area contributed by atoms with E-state index in [-0.39, 0.29) is 18.1 Å². The first-order chi connectivity index (χ1) is 8.04. The molecule has 4 nitrogen and oxygen atoms in total. The number of nitrogens with one attached hydrogen (secondary N) is 1. The predicted molar refractivity (Wildman–Crippen MR) is 61.3 cm³/mol. The third-order valence-electron chi connectivity index (χ3n) is 2.40. The molecule has 0 saturated heterocycles. The molecule has 0 fully saturated rings. The van der Waals surface area contributed by atoms with E-state index in [1.807, 2.05) is 6.92 Å². The molecule has 3 N–H and O–H groups in total. The normalized spacial score (nSPS) is 12.4. The molecule has 1 rings (SSSR count). The maximum absolute atomic E-state index is 13.3. The molecule has 1 unspecified atom stereocenters. The molecule has 0 radical (unpaired) electrons. The van der Waals surface area contributed by atoms with E-state index in [1.54, 1.807) is 6.07 Å². The van der Waals surface area contributed by atoms with E-state index >= 15 is 0 Å². The Morgan fingerprint density at radius 1 is 1.53 bits per heavy atom. The smallest absolute Gasteiger partial charge is 0.338 e. The molecule has 0 aliphatic carbocycles. The first-order valence-corrected chi connectivity index (χ1v) is 5.38. The summed E-state index contributed by atoms with van der Waals surface area (Å²) >= 11 is 0. The molecule has 1 aromatic rings. The molecule has 0 amide bonds. The number of hydrogen-bond acceptors (Lipinski definition) is 3.